The van der Waals surface area contributed by atoms with Crippen LogP contribution in [-0.2, 0) is 4.79 Å². The van der Waals surface area contributed by atoms with Gasteiger partial charge in [0.2, 0.25) is 5.91 Å². The summed E-state index contributed by atoms with van der Waals surface area (Å²) in [6, 6.07) is 0.578. The lowest BCUT2D eigenvalue weighted by molar-refractivity contribution is -0.136. The van der Waals surface area contributed by atoms with Gasteiger partial charge in [-0.2, -0.15) is 0 Å². The lowest BCUT2D eigenvalue weighted by Crippen LogP contribution is -2.52. The Morgan fingerprint density at radius 3 is 2.13 bits per heavy atom. The van der Waals surface area contributed by atoms with Gasteiger partial charge in [0.25, 0.3) is 0 Å². The number of hydrogen-bond donors (Lipinski definition) is 1. The Labute approximate surface area is 92.4 Å². The SMILES string of the molecule is CC(CN)C(=O)N1CCN(C(C)C)CC1. The minimum absolute atomic E-state index is 0.0319. The highest BCUT2D eigenvalue weighted by molar-refractivity contribution is 5.78. The fourth-order valence-corrected chi connectivity index (χ4v) is 1.87. The van der Waals surface area contributed by atoms with Gasteiger partial charge in [0.1, 0.15) is 0 Å². The van der Waals surface area contributed by atoms with Crippen molar-refractivity contribution in [3.05, 3.63) is 0 Å². The zero-order chi connectivity index (χ0) is 11.4. The highest BCUT2D eigenvalue weighted by atomic mass is 16.2. The minimum atomic E-state index is -0.0319. The molecule has 0 spiro atoms. The van der Waals surface area contributed by atoms with Crippen LogP contribution in [0.15, 0.2) is 0 Å². The van der Waals surface area contributed by atoms with Crippen molar-refractivity contribution in [2.75, 3.05) is 32.7 Å². The summed E-state index contributed by atoms with van der Waals surface area (Å²) in [6.07, 6.45) is 0. The highest BCUT2D eigenvalue weighted by Gasteiger charge is 2.24. The summed E-state index contributed by atoms with van der Waals surface area (Å²) in [5.74, 6) is 0.177. The molecule has 0 radical (unpaired) electrons. The first-order valence-electron chi connectivity index (χ1n) is 5.79. The largest absolute Gasteiger partial charge is 0.340 e. The number of rotatable bonds is 3. The Hall–Kier alpha value is -0.610. The van der Waals surface area contributed by atoms with Crippen LogP contribution >= 0.6 is 0 Å². The number of carbonyl (C=O) groups excluding carboxylic acids is 1. The third-order valence-corrected chi connectivity index (χ3v) is 3.13. The third-order valence-electron chi connectivity index (χ3n) is 3.13. The molecule has 1 saturated heterocycles. The van der Waals surface area contributed by atoms with Gasteiger partial charge in [-0.05, 0) is 13.8 Å². The zero-order valence-electron chi connectivity index (χ0n) is 10.1. The van der Waals surface area contributed by atoms with E-state index in [1.165, 1.54) is 0 Å². The van der Waals surface area contributed by atoms with Gasteiger partial charge in [-0.15, -0.1) is 0 Å². The smallest absolute Gasteiger partial charge is 0.226 e. The maximum atomic E-state index is 11.8. The molecule has 1 aliphatic heterocycles. The second-order valence-corrected chi connectivity index (χ2v) is 4.59. The van der Waals surface area contributed by atoms with Gasteiger partial charge in [-0.3, -0.25) is 9.69 Å². The van der Waals surface area contributed by atoms with Crippen LogP contribution < -0.4 is 5.73 Å². The number of amides is 1. The Kier molecular flexibility index (Phi) is 4.54. The minimum Gasteiger partial charge on any atom is -0.340 e. The van der Waals surface area contributed by atoms with E-state index in [1.54, 1.807) is 0 Å². The Morgan fingerprint density at radius 1 is 1.20 bits per heavy atom. The maximum Gasteiger partial charge on any atom is 0.226 e. The lowest BCUT2D eigenvalue weighted by atomic mass is 10.1. The molecule has 1 rings (SSSR count). The van der Waals surface area contributed by atoms with Gasteiger partial charge in [-0.25, -0.2) is 0 Å². The van der Waals surface area contributed by atoms with E-state index in [2.05, 4.69) is 18.7 Å². The molecule has 1 atom stereocenters. The average molecular weight is 213 g/mol. The van der Waals surface area contributed by atoms with Crippen molar-refractivity contribution < 1.29 is 4.79 Å². The molecule has 0 saturated carbocycles. The number of nitrogens with zero attached hydrogens (tertiary/aromatic N) is 2. The summed E-state index contributed by atoms with van der Waals surface area (Å²) in [7, 11) is 0. The predicted molar refractivity (Wildman–Crippen MR) is 61.5 cm³/mol. The molecule has 0 aliphatic carbocycles. The summed E-state index contributed by atoms with van der Waals surface area (Å²) in [5.41, 5.74) is 5.50. The maximum absolute atomic E-state index is 11.8. The molecule has 1 amide bonds. The summed E-state index contributed by atoms with van der Waals surface area (Å²) in [4.78, 5) is 16.2. The van der Waals surface area contributed by atoms with Gasteiger partial charge < -0.3 is 10.6 Å². The molecule has 1 fully saturated rings. The van der Waals surface area contributed by atoms with Crippen LogP contribution in [0, 0.1) is 5.92 Å². The van der Waals surface area contributed by atoms with Crippen molar-refractivity contribution in [1.82, 2.24) is 9.80 Å². The fraction of sp³-hybridized carbons (Fsp3) is 0.909. The van der Waals surface area contributed by atoms with Crippen molar-refractivity contribution in [2.45, 2.75) is 26.8 Å². The molecule has 88 valence electrons. The zero-order valence-corrected chi connectivity index (χ0v) is 10.1. The van der Waals surface area contributed by atoms with Crippen LogP contribution in [0.4, 0.5) is 0 Å². The molecule has 15 heavy (non-hydrogen) atoms. The summed E-state index contributed by atoms with van der Waals surface area (Å²) >= 11 is 0. The van der Waals surface area contributed by atoms with Gasteiger partial charge in [0.15, 0.2) is 0 Å². The van der Waals surface area contributed by atoms with E-state index in [0.29, 0.717) is 12.6 Å². The number of carbonyl (C=O) groups is 1. The number of piperazine rings is 1. The van der Waals surface area contributed by atoms with Gasteiger partial charge >= 0.3 is 0 Å². The highest BCUT2D eigenvalue weighted by Crippen LogP contribution is 2.08. The molecule has 0 aromatic carbocycles. The van der Waals surface area contributed by atoms with Crippen LogP contribution in [0.3, 0.4) is 0 Å². The molecule has 2 N–H and O–H groups in total. The molecular formula is C11H23N3O. The van der Waals surface area contributed by atoms with Crippen molar-refractivity contribution in [3.63, 3.8) is 0 Å². The van der Waals surface area contributed by atoms with Crippen LogP contribution in [0.25, 0.3) is 0 Å². The van der Waals surface area contributed by atoms with Gasteiger partial charge in [-0.1, -0.05) is 6.92 Å². The van der Waals surface area contributed by atoms with Crippen molar-refractivity contribution in [1.29, 1.82) is 0 Å². The number of hydrogen-bond acceptors (Lipinski definition) is 3. The lowest BCUT2D eigenvalue weighted by Gasteiger charge is -2.37. The molecule has 1 heterocycles. The normalized spacial score (nSPS) is 20.7. The molecule has 0 aromatic heterocycles. The van der Waals surface area contributed by atoms with Gasteiger partial charge in [0.05, 0.1) is 0 Å². The Morgan fingerprint density at radius 2 is 1.73 bits per heavy atom. The summed E-state index contributed by atoms with van der Waals surface area (Å²) < 4.78 is 0. The first kappa shape index (κ1) is 12.5. The average Bonchev–Trinajstić information content (AvgIpc) is 2.27. The monoisotopic (exact) mass is 213 g/mol. The summed E-state index contributed by atoms with van der Waals surface area (Å²) in [5, 5.41) is 0. The van der Waals surface area contributed by atoms with Crippen LogP contribution in [0.2, 0.25) is 0 Å². The predicted octanol–water partition coefficient (Wildman–Crippen LogP) is 0.134. The van der Waals surface area contributed by atoms with Crippen LogP contribution in [0.5, 0.6) is 0 Å². The molecule has 0 aromatic rings. The Bertz CT molecular complexity index is 210. The van der Waals surface area contributed by atoms with Crippen LogP contribution in [-0.4, -0.2) is 54.5 Å². The van der Waals surface area contributed by atoms with E-state index < -0.39 is 0 Å². The topological polar surface area (TPSA) is 49.6 Å². The number of nitrogens with two attached hydrogens (primary N) is 1. The van der Waals surface area contributed by atoms with E-state index in [9.17, 15) is 4.79 Å². The molecular weight excluding hydrogens is 190 g/mol. The quantitative estimate of drug-likeness (QED) is 0.725. The molecule has 1 aliphatic rings. The molecule has 4 heteroatoms. The third kappa shape index (κ3) is 3.18. The standard InChI is InChI=1S/C11H23N3O/c1-9(2)13-4-6-14(7-5-13)11(15)10(3)8-12/h9-10H,4-8,12H2,1-3H3. The first-order valence-corrected chi connectivity index (χ1v) is 5.79. The van der Waals surface area contributed by atoms with Gasteiger partial charge in [0, 0.05) is 44.7 Å². The van der Waals surface area contributed by atoms with E-state index in [-0.39, 0.29) is 11.8 Å². The molecule has 0 bridgehead atoms. The summed E-state index contributed by atoms with van der Waals surface area (Å²) in [6.45, 7) is 10.4. The van der Waals surface area contributed by atoms with Crippen molar-refractivity contribution >= 4 is 5.91 Å². The molecule has 1 unspecified atom stereocenters. The van der Waals surface area contributed by atoms with E-state index in [1.807, 2.05) is 11.8 Å². The second kappa shape index (κ2) is 5.47. The van der Waals surface area contributed by atoms with Crippen molar-refractivity contribution in [2.24, 2.45) is 11.7 Å². The fourth-order valence-electron chi connectivity index (χ4n) is 1.87. The van der Waals surface area contributed by atoms with E-state index in [4.69, 9.17) is 5.73 Å². The van der Waals surface area contributed by atoms with E-state index >= 15 is 0 Å². The van der Waals surface area contributed by atoms with E-state index in [0.717, 1.165) is 26.2 Å². The first-order chi connectivity index (χ1) is 7.06. The van der Waals surface area contributed by atoms with Crippen molar-refractivity contribution in [3.8, 4) is 0 Å². The van der Waals surface area contributed by atoms with Crippen LogP contribution in [0.1, 0.15) is 20.8 Å². The molecule has 4 nitrogen and oxygen atoms in total. The Balaban J connectivity index is 2.40. The second-order valence-electron chi connectivity index (χ2n) is 4.59.